The van der Waals surface area contributed by atoms with E-state index in [1.165, 1.54) is 18.2 Å². The first-order chi connectivity index (χ1) is 7.36. The fourth-order valence-electron chi connectivity index (χ4n) is 1.11. The summed E-state index contributed by atoms with van der Waals surface area (Å²) in [5.41, 5.74) is 0. The van der Waals surface area contributed by atoms with E-state index in [0.29, 0.717) is 0 Å². The molecule has 0 aromatic heterocycles. The molecule has 0 N–H and O–H groups in total. The minimum absolute atomic E-state index is 0.0771. The number of hydrogen-bond acceptors (Lipinski definition) is 3. The Hall–Kier alpha value is -0.580. The number of carbonyl (C=O) groups is 1. The zero-order valence-electron chi connectivity index (χ0n) is 8.54. The summed E-state index contributed by atoms with van der Waals surface area (Å²) in [6, 6.07) is 4.14. The van der Waals surface area contributed by atoms with Crippen molar-refractivity contribution in [2.75, 3.05) is 5.75 Å². The van der Waals surface area contributed by atoms with Gasteiger partial charge < -0.3 is 0 Å². The van der Waals surface area contributed by atoms with Crippen molar-refractivity contribution in [1.29, 1.82) is 0 Å². The standard InChI is InChI=1S/C10H10Cl2O3S/c1-2-8(13)6-16(14,15)10-5-7(11)3-4-9(10)12/h3-5H,2,6H2,1H3. The van der Waals surface area contributed by atoms with Gasteiger partial charge in [-0.1, -0.05) is 30.1 Å². The number of halogens is 2. The molecule has 0 aliphatic rings. The molecule has 0 saturated heterocycles. The van der Waals surface area contributed by atoms with Gasteiger partial charge in [-0.15, -0.1) is 0 Å². The third-order valence-electron chi connectivity index (χ3n) is 1.97. The molecule has 16 heavy (non-hydrogen) atoms. The first-order valence-corrected chi connectivity index (χ1v) is 6.97. The monoisotopic (exact) mass is 280 g/mol. The molecule has 1 rings (SSSR count). The van der Waals surface area contributed by atoms with Crippen LogP contribution in [0.15, 0.2) is 23.1 Å². The summed E-state index contributed by atoms with van der Waals surface area (Å²) in [6.07, 6.45) is 0.178. The van der Waals surface area contributed by atoms with Crippen LogP contribution in [0, 0.1) is 0 Å². The third-order valence-corrected chi connectivity index (χ3v) is 4.36. The van der Waals surface area contributed by atoms with Crippen LogP contribution in [0.4, 0.5) is 0 Å². The van der Waals surface area contributed by atoms with E-state index in [4.69, 9.17) is 23.2 Å². The predicted molar refractivity (Wildman–Crippen MR) is 63.8 cm³/mol. The van der Waals surface area contributed by atoms with Crippen LogP contribution in [0.25, 0.3) is 0 Å². The molecule has 1 aromatic rings. The molecule has 0 atom stereocenters. The van der Waals surface area contributed by atoms with Crippen molar-refractivity contribution in [1.82, 2.24) is 0 Å². The minimum atomic E-state index is -3.69. The van der Waals surface area contributed by atoms with Gasteiger partial charge in [-0.3, -0.25) is 4.79 Å². The summed E-state index contributed by atoms with van der Waals surface area (Å²) >= 11 is 11.4. The van der Waals surface area contributed by atoms with Gasteiger partial charge in [0.15, 0.2) is 9.84 Å². The second-order valence-electron chi connectivity index (χ2n) is 3.23. The maximum Gasteiger partial charge on any atom is 0.186 e. The first-order valence-electron chi connectivity index (χ1n) is 4.56. The molecule has 6 heteroatoms. The van der Waals surface area contributed by atoms with Crippen molar-refractivity contribution < 1.29 is 13.2 Å². The Kier molecular flexibility index (Phi) is 4.35. The van der Waals surface area contributed by atoms with E-state index in [9.17, 15) is 13.2 Å². The van der Waals surface area contributed by atoms with Crippen molar-refractivity contribution in [3.05, 3.63) is 28.2 Å². The van der Waals surface area contributed by atoms with Crippen LogP contribution in [-0.4, -0.2) is 20.0 Å². The van der Waals surface area contributed by atoms with Crippen LogP contribution in [0.5, 0.6) is 0 Å². The van der Waals surface area contributed by atoms with Crippen LogP contribution in [0.2, 0.25) is 10.0 Å². The highest BCUT2D eigenvalue weighted by atomic mass is 35.5. The van der Waals surface area contributed by atoms with Gasteiger partial charge in [-0.2, -0.15) is 0 Å². The maximum atomic E-state index is 11.8. The number of Topliss-reactive ketones (excluding diaryl/α,β-unsaturated/α-hetero) is 1. The van der Waals surface area contributed by atoms with Crippen molar-refractivity contribution in [3.8, 4) is 0 Å². The van der Waals surface area contributed by atoms with Gasteiger partial charge in [-0.05, 0) is 18.2 Å². The van der Waals surface area contributed by atoms with Gasteiger partial charge in [0.2, 0.25) is 0 Å². The van der Waals surface area contributed by atoms with E-state index in [1.807, 2.05) is 0 Å². The molecule has 0 aliphatic heterocycles. The Labute approximate surface area is 104 Å². The Morgan fingerprint density at radius 3 is 2.50 bits per heavy atom. The van der Waals surface area contributed by atoms with Gasteiger partial charge >= 0.3 is 0 Å². The summed E-state index contributed by atoms with van der Waals surface area (Å²) in [5, 5.41) is 0.347. The molecule has 0 radical (unpaired) electrons. The average molecular weight is 281 g/mol. The summed E-state index contributed by atoms with van der Waals surface area (Å²) in [7, 11) is -3.69. The van der Waals surface area contributed by atoms with E-state index in [0.717, 1.165) is 0 Å². The summed E-state index contributed by atoms with van der Waals surface area (Å²) < 4.78 is 23.6. The highest BCUT2D eigenvalue weighted by molar-refractivity contribution is 7.92. The fourth-order valence-corrected chi connectivity index (χ4v) is 3.27. The first kappa shape index (κ1) is 13.5. The Morgan fingerprint density at radius 1 is 1.31 bits per heavy atom. The van der Waals surface area contributed by atoms with E-state index in [-0.39, 0.29) is 27.1 Å². The molecule has 0 fully saturated rings. The largest absolute Gasteiger partial charge is 0.299 e. The number of rotatable bonds is 4. The average Bonchev–Trinajstić information content (AvgIpc) is 2.20. The van der Waals surface area contributed by atoms with Crippen molar-refractivity contribution >= 4 is 38.8 Å². The zero-order chi connectivity index (χ0) is 12.3. The van der Waals surface area contributed by atoms with Crippen molar-refractivity contribution in [3.63, 3.8) is 0 Å². The topological polar surface area (TPSA) is 51.2 Å². The third kappa shape index (κ3) is 3.20. The normalized spacial score (nSPS) is 11.4. The zero-order valence-corrected chi connectivity index (χ0v) is 10.9. The molecule has 0 spiro atoms. The van der Waals surface area contributed by atoms with Crippen LogP contribution < -0.4 is 0 Å². The molecule has 0 unspecified atom stereocenters. The second kappa shape index (κ2) is 5.17. The summed E-state index contributed by atoms with van der Waals surface area (Å²) in [5.74, 6) is -0.889. The quantitative estimate of drug-likeness (QED) is 0.852. The molecule has 1 aromatic carbocycles. The van der Waals surface area contributed by atoms with E-state index in [2.05, 4.69) is 0 Å². The smallest absolute Gasteiger partial charge is 0.186 e. The number of ketones is 1. The lowest BCUT2D eigenvalue weighted by atomic mass is 10.3. The molecular weight excluding hydrogens is 271 g/mol. The Bertz CT molecular complexity index is 509. The fraction of sp³-hybridized carbons (Fsp3) is 0.300. The van der Waals surface area contributed by atoms with E-state index >= 15 is 0 Å². The minimum Gasteiger partial charge on any atom is -0.299 e. The highest BCUT2D eigenvalue weighted by Gasteiger charge is 2.21. The molecule has 0 bridgehead atoms. The number of sulfone groups is 1. The molecule has 0 aliphatic carbocycles. The second-order valence-corrected chi connectivity index (χ2v) is 6.03. The van der Waals surface area contributed by atoms with Gasteiger partial charge in [0.05, 0.1) is 9.92 Å². The number of carbonyl (C=O) groups excluding carboxylic acids is 1. The van der Waals surface area contributed by atoms with Crippen LogP contribution >= 0.6 is 23.2 Å². The van der Waals surface area contributed by atoms with Crippen molar-refractivity contribution in [2.24, 2.45) is 0 Å². The molecule has 0 heterocycles. The lowest BCUT2D eigenvalue weighted by Gasteiger charge is -2.05. The number of benzene rings is 1. The number of hydrogen-bond donors (Lipinski definition) is 0. The van der Waals surface area contributed by atoms with E-state index in [1.54, 1.807) is 6.92 Å². The Balaban J connectivity index is 3.17. The molecular formula is C10H10Cl2O3S. The lowest BCUT2D eigenvalue weighted by molar-refractivity contribution is -0.116. The predicted octanol–water partition coefficient (Wildman–Crippen LogP) is 2.75. The van der Waals surface area contributed by atoms with Crippen LogP contribution in [-0.2, 0) is 14.6 Å². The van der Waals surface area contributed by atoms with Gasteiger partial charge in [0.1, 0.15) is 11.5 Å². The van der Waals surface area contributed by atoms with Crippen LogP contribution in [0.3, 0.4) is 0 Å². The molecule has 88 valence electrons. The summed E-state index contributed by atoms with van der Waals surface area (Å²) in [6.45, 7) is 1.61. The van der Waals surface area contributed by atoms with Gasteiger partial charge in [0, 0.05) is 11.4 Å². The van der Waals surface area contributed by atoms with Crippen molar-refractivity contribution in [2.45, 2.75) is 18.2 Å². The van der Waals surface area contributed by atoms with Crippen LogP contribution in [0.1, 0.15) is 13.3 Å². The van der Waals surface area contributed by atoms with Gasteiger partial charge in [-0.25, -0.2) is 8.42 Å². The molecule has 3 nitrogen and oxygen atoms in total. The Morgan fingerprint density at radius 2 is 1.94 bits per heavy atom. The lowest BCUT2D eigenvalue weighted by Crippen LogP contribution is -2.15. The van der Waals surface area contributed by atoms with E-state index < -0.39 is 15.6 Å². The molecule has 0 saturated carbocycles. The summed E-state index contributed by atoms with van der Waals surface area (Å²) in [4.78, 5) is 11.0. The maximum absolute atomic E-state index is 11.8. The SMILES string of the molecule is CCC(=O)CS(=O)(=O)c1cc(Cl)ccc1Cl. The highest BCUT2D eigenvalue weighted by Crippen LogP contribution is 2.25. The van der Waals surface area contributed by atoms with Gasteiger partial charge in [0.25, 0.3) is 0 Å². The molecule has 0 amide bonds.